The normalized spacial score (nSPS) is 35.1. The van der Waals surface area contributed by atoms with Crippen LogP contribution in [0.15, 0.2) is 0 Å². The summed E-state index contributed by atoms with van der Waals surface area (Å²) in [5.41, 5.74) is 5.48. The molecule has 1 aliphatic rings. The summed E-state index contributed by atoms with van der Waals surface area (Å²) in [6.07, 6.45) is 4.11. The highest BCUT2D eigenvalue weighted by molar-refractivity contribution is 4.80. The molecule has 0 aromatic carbocycles. The summed E-state index contributed by atoms with van der Waals surface area (Å²) in [5, 5.41) is 0. The van der Waals surface area contributed by atoms with Crippen LogP contribution in [0.25, 0.3) is 0 Å². The second kappa shape index (κ2) is 3.38. The van der Waals surface area contributed by atoms with Crippen LogP contribution in [-0.4, -0.2) is 6.54 Å². The predicted octanol–water partition coefficient (Wildman–Crippen LogP) is 2.02. The fourth-order valence-corrected chi connectivity index (χ4v) is 1.93. The Labute approximate surface area is 64.0 Å². The van der Waals surface area contributed by atoms with E-state index in [2.05, 4.69) is 13.8 Å². The zero-order valence-corrected chi connectivity index (χ0v) is 7.14. The maximum absolute atomic E-state index is 5.48. The Bertz CT molecular complexity index is 92.1. The van der Waals surface area contributed by atoms with Crippen molar-refractivity contribution in [1.82, 2.24) is 0 Å². The van der Waals surface area contributed by atoms with Gasteiger partial charge in [-0.05, 0) is 43.6 Å². The van der Waals surface area contributed by atoms with Gasteiger partial charge in [-0.3, -0.25) is 0 Å². The molecule has 0 heterocycles. The van der Waals surface area contributed by atoms with Gasteiger partial charge in [-0.1, -0.05) is 13.8 Å². The third kappa shape index (κ3) is 1.72. The monoisotopic (exact) mass is 141 g/mol. The second-order valence-corrected chi connectivity index (χ2v) is 3.89. The van der Waals surface area contributed by atoms with Crippen molar-refractivity contribution >= 4 is 0 Å². The first-order chi connectivity index (χ1) is 4.74. The molecule has 1 saturated carbocycles. The molecule has 1 rings (SSSR count). The third-order valence-corrected chi connectivity index (χ3v) is 2.84. The van der Waals surface area contributed by atoms with Crippen LogP contribution >= 0.6 is 0 Å². The zero-order chi connectivity index (χ0) is 7.56. The van der Waals surface area contributed by atoms with Crippen LogP contribution < -0.4 is 5.73 Å². The van der Waals surface area contributed by atoms with E-state index in [1.165, 1.54) is 19.3 Å². The van der Waals surface area contributed by atoms with Gasteiger partial charge in [0.15, 0.2) is 0 Å². The van der Waals surface area contributed by atoms with Crippen molar-refractivity contribution in [3.8, 4) is 0 Å². The first kappa shape index (κ1) is 8.06. The molecule has 0 saturated heterocycles. The molecule has 0 aromatic rings. The summed E-state index contributed by atoms with van der Waals surface area (Å²) in [4.78, 5) is 0. The zero-order valence-electron chi connectivity index (χ0n) is 7.14. The van der Waals surface area contributed by atoms with Gasteiger partial charge in [-0.2, -0.15) is 0 Å². The van der Waals surface area contributed by atoms with Crippen LogP contribution in [-0.2, 0) is 0 Å². The van der Waals surface area contributed by atoms with E-state index in [0.29, 0.717) is 0 Å². The molecule has 0 aromatic heterocycles. The Morgan fingerprint density at radius 3 is 2.50 bits per heavy atom. The van der Waals surface area contributed by atoms with E-state index >= 15 is 0 Å². The van der Waals surface area contributed by atoms with Crippen LogP contribution in [0, 0.1) is 17.8 Å². The maximum Gasteiger partial charge on any atom is -0.00746 e. The van der Waals surface area contributed by atoms with Crippen molar-refractivity contribution < 1.29 is 0 Å². The van der Waals surface area contributed by atoms with Gasteiger partial charge in [-0.15, -0.1) is 0 Å². The first-order valence-corrected chi connectivity index (χ1v) is 4.44. The van der Waals surface area contributed by atoms with Crippen LogP contribution in [0.2, 0.25) is 0 Å². The maximum atomic E-state index is 5.48. The molecule has 1 fully saturated rings. The van der Waals surface area contributed by atoms with Gasteiger partial charge in [0.05, 0.1) is 0 Å². The minimum absolute atomic E-state index is 0.867. The Morgan fingerprint density at radius 1 is 1.50 bits per heavy atom. The predicted molar refractivity (Wildman–Crippen MR) is 44.7 cm³/mol. The number of nitrogens with two attached hydrogens (primary N) is 1. The average Bonchev–Trinajstić information content (AvgIpc) is 1.82. The molecule has 0 amide bonds. The Morgan fingerprint density at radius 2 is 2.10 bits per heavy atom. The lowest BCUT2D eigenvalue weighted by atomic mass is 9.69. The molecular formula is C9H19N. The first-order valence-electron chi connectivity index (χ1n) is 4.44. The molecule has 60 valence electrons. The van der Waals surface area contributed by atoms with Gasteiger partial charge >= 0.3 is 0 Å². The molecular weight excluding hydrogens is 122 g/mol. The van der Waals surface area contributed by atoms with Crippen molar-refractivity contribution in [3.63, 3.8) is 0 Å². The quantitative estimate of drug-likeness (QED) is 0.639. The van der Waals surface area contributed by atoms with Gasteiger partial charge in [0.25, 0.3) is 0 Å². The summed E-state index contributed by atoms with van der Waals surface area (Å²) in [6.45, 7) is 5.54. The van der Waals surface area contributed by atoms with E-state index in [1.54, 1.807) is 0 Å². The summed E-state index contributed by atoms with van der Waals surface area (Å²) < 4.78 is 0. The van der Waals surface area contributed by atoms with E-state index in [9.17, 15) is 0 Å². The number of hydrogen-bond donors (Lipinski definition) is 1. The Hall–Kier alpha value is -0.0400. The van der Waals surface area contributed by atoms with Crippen molar-refractivity contribution in [1.29, 1.82) is 0 Å². The molecule has 1 heteroatoms. The van der Waals surface area contributed by atoms with Crippen LogP contribution in [0.4, 0.5) is 0 Å². The standard InChI is InChI=1S/C9H19N/c1-7-5-9(6-7)8(2)3-4-10/h7-9H,3-6,10H2,1-2H3. The fraction of sp³-hybridized carbons (Fsp3) is 1.00. The van der Waals surface area contributed by atoms with Gasteiger partial charge in [0.1, 0.15) is 0 Å². The molecule has 1 atom stereocenters. The average molecular weight is 141 g/mol. The number of hydrogen-bond acceptors (Lipinski definition) is 1. The molecule has 10 heavy (non-hydrogen) atoms. The smallest absolute Gasteiger partial charge is 0.00746 e. The summed E-state index contributed by atoms with van der Waals surface area (Å²) in [5.74, 6) is 2.87. The van der Waals surface area contributed by atoms with Crippen molar-refractivity contribution in [2.24, 2.45) is 23.5 Å². The van der Waals surface area contributed by atoms with Gasteiger partial charge in [-0.25, -0.2) is 0 Å². The van der Waals surface area contributed by atoms with Crippen LogP contribution in [0.3, 0.4) is 0 Å². The topological polar surface area (TPSA) is 26.0 Å². The Kier molecular flexibility index (Phi) is 2.72. The van der Waals surface area contributed by atoms with Crippen molar-refractivity contribution in [2.45, 2.75) is 33.1 Å². The highest BCUT2D eigenvalue weighted by Gasteiger charge is 2.28. The minimum atomic E-state index is 0.867. The van der Waals surface area contributed by atoms with E-state index in [1.807, 2.05) is 0 Å². The highest BCUT2D eigenvalue weighted by Crippen LogP contribution is 2.39. The van der Waals surface area contributed by atoms with E-state index < -0.39 is 0 Å². The number of rotatable bonds is 3. The largest absolute Gasteiger partial charge is 0.330 e. The summed E-state index contributed by atoms with van der Waals surface area (Å²) >= 11 is 0. The van der Waals surface area contributed by atoms with E-state index in [4.69, 9.17) is 5.73 Å². The molecule has 1 unspecified atom stereocenters. The van der Waals surface area contributed by atoms with Crippen LogP contribution in [0.1, 0.15) is 33.1 Å². The highest BCUT2D eigenvalue weighted by atomic mass is 14.5. The molecule has 0 radical (unpaired) electrons. The second-order valence-electron chi connectivity index (χ2n) is 3.89. The van der Waals surface area contributed by atoms with E-state index in [-0.39, 0.29) is 0 Å². The molecule has 0 bridgehead atoms. The lowest BCUT2D eigenvalue weighted by Gasteiger charge is -2.37. The van der Waals surface area contributed by atoms with E-state index in [0.717, 1.165) is 24.3 Å². The molecule has 0 spiro atoms. The van der Waals surface area contributed by atoms with Crippen LogP contribution in [0.5, 0.6) is 0 Å². The van der Waals surface area contributed by atoms with Crippen molar-refractivity contribution in [3.05, 3.63) is 0 Å². The van der Waals surface area contributed by atoms with Gasteiger partial charge in [0, 0.05) is 0 Å². The molecule has 1 aliphatic carbocycles. The summed E-state index contributed by atoms with van der Waals surface area (Å²) in [7, 11) is 0. The summed E-state index contributed by atoms with van der Waals surface area (Å²) in [6, 6.07) is 0. The molecule has 0 aliphatic heterocycles. The fourth-order valence-electron chi connectivity index (χ4n) is 1.93. The third-order valence-electron chi connectivity index (χ3n) is 2.84. The minimum Gasteiger partial charge on any atom is -0.330 e. The van der Waals surface area contributed by atoms with Gasteiger partial charge in [0.2, 0.25) is 0 Å². The van der Waals surface area contributed by atoms with Crippen molar-refractivity contribution in [2.75, 3.05) is 6.54 Å². The molecule has 2 N–H and O–H groups in total. The molecule has 1 nitrogen and oxygen atoms in total. The lowest BCUT2D eigenvalue weighted by molar-refractivity contribution is 0.142. The SMILES string of the molecule is CC1CC(C(C)CCN)C1. The van der Waals surface area contributed by atoms with Gasteiger partial charge < -0.3 is 5.73 Å². The Balaban J connectivity index is 2.11. The lowest BCUT2D eigenvalue weighted by Crippen LogP contribution is -2.28.